The minimum atomic E-state index is -0.342. The number of thiazole rings is 1. The predicted octanol–water partition coefficient (Wildman–Crippen LogP) is 3.93. The monoisotopic (exact) mass is 453 g/mol. The molecule has 0 fully saturated rings. The highest BCUT2D eigenvalue weighted by atomic mass is 32.1. The standard InChI is InChI=1S/C21H23N7O3S/c1-12(2)24-20-26-18(28-31-20)6-7-23-19(29)27-21-25-16-5-4-13(9-17(16)32-21)14-8-15(30-3)11-22-10-14/h4-5,8-12H,6-7H2,1-3H3,(H,24,26,28)(H2,23,25,27,29). The van der Waals surface area contributed by atoms with Crippen LogP contribution in [0.1, 0.15) is 19.7 Å². The van der Waals surface area contributed by atoms with Gasteiger partial charge in [0.1, 0.15) is 5.75 Å². The Kier molecular flexibility index (Phi) is 6.45. The molecule has 10 nitrogen and oxygen atoms in total. The summed E-state index contributed by atoms with van der Waals surface area (Å²) in [6.45, 7) is 4.33. The number of nitrogens with one attached hydrogen (secondary N) is 3. The number of hydrogen-bond acceptors (Lipinski definition) is 9. The first kappa shape index (κ1) is 21.5. The number of anilines is 2. The smallest absolute Gasteiger partial charge is 0.321 e. The second-order valence-corrected chi connectivity index (χ2v) is 8.29. The van der Waals surface area contributed by atoms with Gasteiger partial charge in [-0.25, -0.2) is 9.78 Å². The fourth-order valence-corrected chi connectivity index (χ4v) is 3.84. The fourth-order valence-electron chi connectivity index (χ4n) is 2.94. The van der Waals surface area contributed by atoms with Crippen molar-refractivity contribution in [1.29, 1.82) is 0 Å². The van der Waals surface area contributed by atoms with Crippen molar-refractivity contribution in [2.75, 3.05) is 24.3 Å². The molecule has 0 aliphatic carbocycles. The van der Waals surface area contributed by atoms with E-state index in [0.717, 1.165) is 21.3 Å². The number of carbonyl (C=O) groups is 1. The van der Waals surface area contributed by atoms with Crippen LogP contribution in [0.4, 0.5) is 15.9 Å². The number of carbonyl (C=O) groups excluding carboxylic acids is 1. The molecule has 0 aliphatic heterocycles. The third kappa shape index (κ3) is 5.30. The van der Waals surface area contributed by atoms with Crippen molar-refractivity contribution < 1.29 is 14.1 Å². The maximum Gasteiger partial charge on any atom is 0.321 e. The molecule has 0 aliphatic rings. The Balaban J connectivity index is 1.34. The van der Waals surface area contributed by atoms with Gasteiger partial charge >= 0.3 is 12.0 Å². The number of ether oxygens (including phenoxy) is 1. The first-order valence-corrected chi connectivity index (χ1v) is 10.9. The molecule has 0 radical (unpaired) electrons. The van der Waals surface area contributed by atoms with Crippen LogP contribution in [0, 0.1) is 0 Å². The summed E-state index contributed by atoms with van der Waals surface area (Å²) in [6, 6.07) is 8.06. The van der Waals surface area contributed by atoms with Crippen molar-refractivity contribution >= 4 is 38.7 Å². The Labute approximate surface area is 188 Å². The second kappa shape index (κ2) is 9.60. The third-order valence-electron chi connectivity index (χ3n) is 4.41. The summed E-state index contributed by atoms with van der Waals surface area (Å²) in [4.78, 5) is 25.1. The number of amides is 2. The Bertz CT molecular complexity index is 1220. The van der Waals surface area contributed by atoms with Crippen LogP contribution in [0.3, 0.4) is 0 Å². The Morgan fingerprint density at radius 3 is 2.88 bits per heavy atom. The first-order valence-electron chi connectivity index (χ1n) is 10.0. The van der Waals surface area contributed by atoms with Gasteiger partial charge in [-0.15, -0.1) is 0 Å². The molecule has 11 heteroatoms. The molecular formula is C21H23N7O3S. The van der Waals surface area contributed by atoms with Gasteiger partial charge in [-0.1, -0.05) is 22.6 Å². The van der Waals surface area contributed by atoms with Crippen LogP contribution in [0.25, 0.3) is 21.3 Å². The molecule has 0 spiro atoms. The van der Waals surface area contributed by atoms with Gasteiger partial charge in [0.15, 0.2) is 11.0 Å². The molecule has 4 rings (SSSR count). The van der Waals surface area contributed by atoms with Crippen molar-refractivity contribution in [3.05, 3.63) is 42.5 Å². The Morgan fingerprint density at radius 2 is 2.06 bits per heavy atom. The number of nitrogens with zero attached hydrogens (tertiary/aromatic N) is 4. The predicted molar refractivity (Wildman–Crippen MR) is 123 cm³/mol. The van der Waals surface area contributed by atoms with E-state index in [0.29, 0.717) is 35.7 Å². The number of urea groups is 1. The van der Waals surface area contributed by atoms with E-state index in [1.165, 1.54) is 11.3 Å². The SMILES string of the molecule is COc1cncc(-c2ccc3nc(NC(=O)NCCc4noc(NC(C)C)n4)sc3c2)c1. The molecule has 166 valence electrons. The molecule has 1 aromatic carbocycles. The molecular weight excluding hydrogens is 430 g/mol. The van der Waals surface area contributed by atoms with Crippen molar-refractivity contribution in [2.45, 2.75) is 26.3 Å². The van der Waals surface area contributed by atoms with E-state index in [4.69, 9.17) is 9.26 Å². The molecule has 0 atom stereocenters. The molecule has 3 aromatic heterocycles. The summed E-state index contributed by atoms with van der Waals surface area (Å²) in [7, 11) is 1.61. The number of pyridine rings is 1. The number of fused-ring (bicyclic) bond motifs is 1. The molecule has 0 bridgehead atoms. The minimum Gasteiger partial charge on any atom is -0.495 e. The zero-order chi connectivity index (χ0) is 22.5. The lowest BCUT2D eigenvalue weighted by molar-refractivity contribution is 0.252. The first-order chi connectivity index (χ1) is 15.5. The van der Waals surface area contributed by atoms with Gasteiger partial charge in [-0.3, -0.25) is 10.3 Å². The van der Waals surface area contributed by atoms with Crippen LogP contribution in [0.2, 0.25) is 0 Å². The zero-order valence-electron chi connectivity index (χ0n) is 17.9. The van der Waals surface area contributed by atoms with Crippen LogP contribution in [0.15, 0.2) is 41.2 Å². The lowest BCUT2D eigenvalue weighted by atomic mass is 10.1. The van der Waals surface area contributed by atoms with Gasteiger partial charge in [0.05, 0.1) is 23.5 Å². The third-order valence-corrected chi connectivity index (χ3v) is 5.34. The van der Waals surface area contributed by atoms with Crippen LogP contribution in [-0.2, 0) is 6.42 Å². The maximum absolute atomic E-state index is 12.2. The summed E-state index contributed by atoms with van der Waals surface area (Å²) >= 11 is 1.40. The summed E-state index contributed by atoms with van der Waals surface area (Å²) in [5.41, 5.74) is 2.75. The van der Waals surface area contributed by atoms with E-state index < -0.39 is 0 Å². The Morgan fingerprint density at radius 1 is 1.19 bits per heavy atom. The van der Waals surface area contributed by atoms with Gasteiger partial charge in [0, 0.05) is 30.8 Å². The highest BCUT2D eigenvalue weighted by Crippen LogP contribution is 2.31. The van der Waals surface area contributed by atoms with E-state index >= 15 is 0 Å². The quantitative estimate of drug-likeness (QED) is 0.366. The molecule has 2 amide bonds. The van der Waals surface area contributed by atoms with Gasteiger partial charge in [-0.05, 0) is 37.6 Å². The summed E-state index contributed by atoms with van der Waals surface area (Å²) in [6.07, 6.45) is 3.90. The van der Waals surface area contributed by atoms with Gasteiger partial charge in [0.25, 0.3) is 0 Å². The van der Waals surface area contributed by atoms with Crippen molar-refractivity contribution in [3.63, 3.8) is 0 Å². The summed E-state index contributed by atoms with van der Waals surface area (Å²) in [5, 5.41) is 13.0. The van der Waals surface area contributed by atoms with Crippen LogP contribution in [-0.4, -0.2) is 45.8 Å². The van der Waals surface area contributed by atoms with Gasteiger partial charge < -0.3 is 19.9 Å². The van der Waals surface area contributed by atoms with E-state index in [1.54, 1.807) is 19.5 Å². The highest BCUT2D eigenvalue weighted by molar-refractivity contribution is 7.22. The Hall–Kier alpha value is -3.73. The average Bonchev–Trinajstić information content (AvgIpc) is 3.38. The normalized spacial score (nSPS) is 11.0. The number of methoxy groups -OCH3 is 1. The lowest BCUT2D eigenvalue weighted by Crippen LogP contribution is -2.30. The average molecular weight is 454 g/mol. The van der Waals surface area contributed by atoms with E-state index in [2.05, 4.69) is 36.1 Å². The van der Waals surface area contributed by atoms with Crippen LogP contribution < -0.4 is 20.7 Å². The molecule has 0 unspecified atom stereocenters. The van der Waals surface area contributed by atoms with E-state index in [-0.39, 0.29) is 12.1 Å². The largest absolute Gasteiger partial charge is 0.495 e. The molecule has 0 saturated carbocycles. The van der Waals surface area contributed by atoms with Crippen molar-refractivity contribution in [1.82, 2.24) is 25.4 Å². The van der Waals surface area contributed by atoms with E-state index in [1.807, 2.05) is 38.1 Å². The van der Waals surface area contributed by atoms with Crippen LogP contribution >= 0.6 is 11.3 Å². The zero-order valence-corrected chi connectivity index (χ0v) is 18.7. The van der Waals surface area contributed by atoms with Crippen LogP contribution in [0.5, 0.6) is 5.75 Å². The van der Waals surface area contributed by atoms with Crippen molar-refractivity contribution in [2.24, 2.45) is 0 Å². The number of hydrogen-bond donors (Lipinski definition) is 3. The number of rotatable bonds is 8. The molecule has 32 heavy (non-hydrogen) atoms. The summed E-state index contributed by atoms with van der Waals surface area (Å²) in [5.74, 6) is 1.21. The van der Waals surface area contributed by atoms with Gasteiger partial charge in [-0.2, -0.15) is 4.98 Å². The topological polar surface area (TPSA) is 127 Å². The molecule has 3 heterocycles. The molecule has 0 saturated heterocycles. The number of aromatic nitrogens is 4. The van der Waals surface area contributed by atoms with Crippen molar-refractivity contribution in [3.8, 4) is 16.9 Å². The molecule has 4 aromatic rings. The highest BCUT2D eigenvalue weighted by Gasteiger charge is 2.11. The summed E-state index contributed by atoms with van der Waals surface area (Å²) < 4.78 is 11.3. The fraction of sp³-hybridized carbons (Fsp3) is 0.286. The molecule has 3 N–H and O–H groups in total. The second-order valence-electron chi connectivity index (χ2n) is 7.26. The van der Waals surface area contributed by atoms with Gasteiger partial charge in [0.2, 0.25) is 0 Å². The number of benzene rings is 1. The lowest BCUT2D eigenvalue weighted by Gasteiger charge is -2.03. The van der Waals surface area contributed by atoms with E-state index in [9.17, 15) is 4.79 Å². The maximum atomic E-state index is 12.2. The minimum absolute atomic E-state index is 0.198.